The molecule has 3 aromatic rings. The highest BCUT2D eigenvalue weighted by Crippen LogP contribution is 2.37. The van der Waals surface area contributed by atoms with Crippen LogP contribution in [-0.2, 0) is 4.74 Å². The van der Waals surface area contributed by atoms with Crippen LogP contribution in [0.25, 0.3) is 5.52 Å². The molecule has 0 bridgehead atoms. The summed E-state index contributed by atoms with van der Waals surface area (Å²) in [5, 5.41) is 23.9. The molecule has 8 heteroatoms. The summed E-state index contributed by atoms with van der Waals surface area (Å²) in [7, 11) is 1.49. The zero-order valence-corrected chi connectivity index (χ0v) is 16.0. The van der Waals surface area contributed by atoms with Gasteiger partial charge in [-0.25, -0.2) is 14.2 Å². The number of fused-ring (bicyclic) bond motifs is 1. The number of nitriles is 1. The van der Waals surface area contributed by atoms with Crippen molar-refractivity contribution < 1.29 is 19.4 Å². The van der Waals surface area contributed by atoms with E-state index in [1.54, 1.807) is 51.1 Å². The van der Waals surface area contributed by atoms with Crippen LogP contribution in [0.4, 0.5) is 16.3 Å². The Labute approximate surface area is 162 Å². The van der Waals surface area contributed by atoms with E-state index in [-0.39, 0.29) is 17.1 Å². The largest absolute Gasteiger partial charge is 0.506 e. The molecule has 0 aliphatic rings. The average Bonchev–Trinajstić information content (AvgIpc) is 3.10. The van der Waals surface area contributed by atoms with Crippen LogP contribution >= 0.6 is 0 Å². The molecular weight excluding hydrogens is 360 g/mol. The molecule has 8 nitrogen and oxygen atoms in total. The fourth-order valence-electron chi connectivity index (χ4n) is 2.77. The Kier molecular flexibility index (Phi) is 4.84. The lowest BCUT2D eigenvalue weighted by Gasteiger charge is -2.28. The number of nitrogens with zero attached hydrogens (tertiary/aromatic N) is 4. The fraction of sp³-hybridized carbons (Fsp3) is 0.250. The Morgan fingerprint density at radius 1 is 1.29 bits per heavy atom. The summed E-state index contributed by atoms with van der Waals surface area (Å²) in [5.74, 6) is 0.363. The van der Waals surface area contributed by atoms with Gasteiger partial charge in [-0.3, -0.25) is 0 Å². The third kappa shape index (κ3) is 3.42. The first-order valence-corrected chi connectivity index (χ1v) is 8.52. The third-order valence-electron chi connectivity index (χ3n) is 3.88. The van der Waals surface area contributed by atoms with Gasteiger partial charge in [-0.05, 0) is 39.0 Å². The molecule has 3 rings (SSSR count). The molecule has 0 atom stereocenters. The van der Waals surface area contributed by atoms with Crippen molar-refractivity contribution in [1.29, 1.82) is 5.26 Å². The molecule has 2 heterocycles. The lowest BCUT2D eigenvalue weighted by molar-refractivity contribution is 0.0597. The number of aromatic nitrogens is 2. The van der Waals surface area contributed by atoms with Gasteiger partial charge < -0.3 is 14.6 Å². The van der Waals surface area contributed by atoms with Crippen molar-refractivity contribution in [2.45, 2.75) is 26.4 Å². The van der Waals surface area contributed by atoms with Gasteiger partial charge in [0.15, 0.2) is 0 Å². The minimum Gasteiger partial charge on any atom is -0.506 e. The SMILES string of the molecule is COc1ccccc1N(C(=O)OC(C)(C)C)c1cc(O)c(C#N)c2ccnn12. The van der Waals surface area contributed by atoms with Crippen molar-refractivity contribution in [1.82, 2.24) is 9.61 Å². The van der Waals surface area contributed by atoms with Crippen molar-refractivity contribution in [2.24, 2.45) is 0 Å². The molecule has 28 heavy (non-hydrogen) atoms. The first kappa shape index (κ1) is 19.0. The van der Waals surface area contributed by atoms with E-state index in [0.29, 0.717) is 17.0 Å². The summed E-state index contributed by atoms with van der Waals surface area (Å²) in [5.41, 5.74) is 0.0707. The number of pyridine rings is 1. The molecule has 144 valence electrons. The molecule has 1 amide bonds. The maximum absolute atomic E-state index is 13.1. The van der Waals surface area contributed by atoms with Crippen LogP contribution in [0.5, 0.6) is 11.5 Å². The number of benzene rings is 1. The first-order chi connectivity index (χ1) is 13.3. The summed E-state index contributed by atoms with van der Waals surface area (Å²) < 4.78 is 12.4. The second-order valence-corrected chi connectivity index (χ2v) is 6.99. The van der Waals surface area contributed by atoms with Gasteiger partial charge in [-0.2, -0.15) is 10.4 Å². The Morgan fingerprint density at radius 2 is 2.00 bits per heavy atom. The summed E-state index contributed by atoms with van der Waals surface area (Å²) in [6.45, 7) is 5.27. The number of amides is 1. The maximum Gasteiger partial charge on any atom is 0.420 e. The number of rotatable bonds is 3. The van der Waals surface area contributed by atoms with Crippen molar-refractivity contribution in [3.8, 4) is 17.6 Å². The zero-order chi connectivity index (χ0) is 20.5. The Balaban J connectivity index is 2.29. The maximum atomic E-state index is 13.1. The number of hydrogen-bond acceptors (Lipinski definition) is 6. The lowest BCUT2D eigenvalue weighted by Crippen LogP contribution is -2.35. The summed E-state index contributed by atoms with van der Waals surface area (Å²) in [6, 6.07) is 11.7. The van der Waals surface area contributed by atoms with Gasteiger partial charge in [0, 0.05) is 6.07 Å². The van der Waals surface area contributed by atoms with Gasteiger partial charge in [-0.15, -0.1) is 0 Å². The Hall–Kier alpha value is -3.73. The number of para-hydroxylation sites is 2. The fourth-order valence-corrected chi connectivity index (χ4v) is 2.77. The third-order valence-corrected chi connectivity index (χ3v) is 3.88. The van der Waals surface area contributed by atoms with Gasteiger partial charge >= 0.3 is 6.09 Å². The normalized spacial score (nSPS) is 11.1. The van der Waals surface area contributed by atoms with Crippen LogP contribution in [0, 0.1) is 11.3 Å². The molecule has 0 fully saturated rings. The van der Waals surface area contributed by atoms with Crippen LogP contribution in [-0.4, -0.2) is 33.5 Å². The minimum absolute atomic E-state index is 0.0606. The van der Waals surface area contributed by atoms with Crippen LogP contribution in [0.1, 0.15) is 26.3 Å². The summed E-state index contributed by atoms with van der Waals surface area (Å²) >= 11 is 0. The van der Waals surface area contributed by atoms with Gasteiger partial charge in [0.2, 0.25) is 0 Å². The monoisotopic (exact) mass is 380 g/mol. The molecular formula is C20H20N4O4. The van der Waals surface area contributed by atoms with Crippen molar-refractivity contribution in [2.75, 3.05) is 12.0 Å². The topological polar surface area (TPSA) is 100 Å². The molecule has 0 saturated heterocycles. The number of carbonyl (C=O) groups excluding carboxylic acids is 1. The number of ether oxygens (including phenoxy) is 2. The first-order valence-electron chi connectivity index (χ1n) is 8.52. The molecule has 0 aliphatic carbocycles. The minimum atomic E-state index is -0.755. The van der Waals surface area contributed by atoms with Crippen LogP contribution in [0.3, 0.4) is 0 Å². The highest BCUT2D eigenvalue weighted by atomic mass is 16.6. The van der Waals surface area contributed by atoms with Crippen molar-refractivity contribution in [3.63, 3.8) is 0 Å². The molecule has 0 radical (unpaired) electrons. The van der Waals surface area contributed by atoms with Gasteiger partial charge in [0.05, 0.1) is 24.5 Å². The van der Waals surface area contributed by atoms with E-state index in [1.807, 2.05) is 6.07 Å². The Bertz CT molecular complexity index is 1080. The zero-order valence-electron chi connectivity index (χ0n) is 16.0. The van der Waals surface area contributed by atoms with Crippen LogP contribution < -0.4 is 9.64 Å². The van der Waals surface area contributed by atoms with E-state index in [1.165, 1.54) is 28.8 Å². The number of methoxy groups -OCH3 is 1. The van der Waals surface area contributed by atoms with E-state index in [9.17, 15) is 15.2 Å². The molecule has 0 saturated carbocycles. The van der Waals surface area contributed by atoms with E-state index in [4.69, 9.17) is 9.47 Å². The molecule has 0 spiro atoms. The van der Waals surface area contributed by atoms with E-state index < -0.39 is 11.7 Å². The van der Waals surface area contributed by atoms with E-state index in [0.717, 1.165) is 0 Å². The smallest absolute Gasteiger partial charge is 0.420 e. The van der Waals surface area contributed by atoms with Crippen LogP contribution in [0.2, 0.25) is 0 Å². The number of hydrogen-bond donors (Lipinski definition) is 1. The summed E-state index contributed by atoms with van der Waals surface area (Å²) in [4.78, 5) is 14.4. The lowest BCUT2D eigenvalue weighted by atomic mass is 10.2. The van der Waals surface area contributed by atoms with Gasteiger partial charge in [0.1, 0.15) is 34.6 Å². The number of anilines is 2. The molecule has 0 unspecified atom stereocenters. The van der Waals surface area contributed by atoms with Crippen molar-refractivity contribution in [3.05, 3.63) is 48.2 Å². The van der Waals surface area contributed by atoms with E-state index >= 15 is 0 Å². The van der Waals surface area contributed by atoms with Crippen LogP contribution in [0.15, 0.2) is 42.6 Å². The second-order valence-electron chi connectivity index (χ2n) is 6.99. The Morgan fingerprint density at radius 3 is 2.64 bits per heavy atom. The molecule has 0 aliphatic heterocycles. The van der Waals surface area contributed by atoms with Crippen molar-refractivity contribution >= 4 is 23.1 Å². The standard InChI is InChI=1S/C20H20N4O4/c1-20(2,3)28-19(26)23(15-7-5-6-8-17(15)27-4)18-11-16(25)13(12-21)14-9-10-22-24(14)18/h5-11,25H,1-4H3. The highest BCUT2D eigenvalue weighted by Gasteiger charge is 2.30. The molecule has 1 aromatic carbocycles. The summed E-state index contributed by atoms with van der Waals surface area (Å²) in [6.07, 6.45) is 0.798. The van der Waals surface area contributed by atoms with Gasteiger partial charge in [-0.1, -0.05) is 12.1 Å². The number of aromatic hydroxyl groups is 1. The molecule has 1 N–H and O–H groups in total. The predicted molar refractivity (Wildman–Crippen MR) is 103 cm³/mol. The quantitative estimate of drug-likeness (QED) is 0.737. The number of carbonyl (C=O) groups is 1. The average molecular weight is 380 g/mol. The second kappa shape index (κ2) is 7.12. The molecule has 2 aromatic heterocycles. The predicted octanol–water partition coefficient (Wildman–Crippen LogP) is 3.99. The van der Waals surface area contributed by atoms with E-state index in [2.05, 4.69) is 5.10 Å². The highest BCUT2D eigenvalue weighted by molar-refractivity contribution is 5.98. The van der Waals surface area contributed by atoms with Gasteiger partial charge in [0.25, 0.3) is 0 Å².